The molecule has 0 aliphatic heterocycles. The Morgan fingerprint density at radius 1 is 1.21 bits per heavy atom. The van der Waals surface area contributed by atoms with Crippen LogP contribution in [-0.4, -0.2) is 33.0 Å². The zero-order chi connectivity index (χ0) is 20.8. The second-order valence-electron chi connectivity index (χ2n) is 6.22. The molecule has 8 heteroatoms. The number of nitrogens with zero attached hydrogens (tertiary/aromatic N) is 4. The molecule has 2 aromatic carbocycles. The van der Waals surface area contributed by atoms with Crippen molar-refractivity contribution in [2.45, 2.75) is 30.8 Å². The zero-order valence-electron chi connectivity index (χ0n) is 16.4. The van der Waals surface area contributed by atoms with Crippen molar-refractivity contribution in [3.8, 4) is 23.2 Å². The van der Waals surface area contributed by atoms with Crippen LogP contribution >= 0.6 is 11.8 Å². The van der Waals surface area contributed by atoms with Crippen LogP contribution in [0.3, 0.4) is 0 Å². The normalized spacial score (nSPS) is 11.5. The lowest BCUT2D eigenvalue weighted by atomic mass is 10.2. The van der Waals surface area contributed by atoms with Gasteiger partial charge in [0.25, 0.3) is 0 Å². The van der Waals surface area contributed by atoms with Crippen molar-refractivity contribution < 1.29 is 9.53 Å². The Morgan fingerprint density at radius 3 is 2.48 bits per heavy atom. The Kier molecular flexibility index (Phi) is 6.52. The molecule has 148 valence electrons. The first-order valence-corrected chi connectivity index (χ1v) is 9.99. The molecule has 0 aliphatic rings. The highest BCUT2D eigenvalue weighted by atomic mass is 32.2. The third kappa shape index (κ3) is 4.76. The molecule has 1 N–H and O–H groups in total. The number of aromatic nitrogens is 3. The molecule has 1 amide bonds. The molecule has 3 rings (SSSR count). The number of thioether (sulfide) groups is 1. The minimum absolute atomic E-state index is 0.142. The zero-order valence-corrected chi connectivity index (χ0v) is 17.2. The van der Waals surface area contributed by atoms with Gasteiger partial charge in [-0.15, -0.1) is 10.2 Å². The van der Waals surface area contributed by atoms with E-state index in [-0.39, 0.29) is 11.2 Å². The van der Waals surface area contributed by atoms with Crippen LogP contribution in [0.4, 0.5) is 5.69 Å². The molecule has 1 atom stereocenters. The van der Waals surface area contributed by atoms with E-state index in [0.717, 1.165) is 17.1 Å². The summed E-state index contributed by atoms with van der Waals surface area (Å²) < 4.78 is 7.18. The Hall–Kier alpha value is -3.31. The fourth-order valence-electron chi connectivity index (χ4n) is 2.70. The maximum atomic E-state index is 12.5. The third-order valence-electron chi connectivity index (χ3n) is 4.31. The standard InChI is InChI=1S/C21H21N5O2S/c1-4-26-19(16-7-11-18(28-3)12-8-16)24-25-21(26)29-14(2)20(27)23-17-9-5-15(13-22)6-10-17/h5-12,14H,4H2,1-3H3,(H,23,27)/t14-/m1/s1. The van der Waals surface area contributed by atoms with E-state index in [4.69, 9.17) is 10.00 Å². The number of carbonyl (C=O) groups is 1. The van der Waals surface area contributed by atoms with Crippen LogP contribution in [0.5, 0.6) is 5.75 Å². The molecule has 0 spiro atoms. The van der Waals surface area contributed by atoms with E-state index in [1.165, 1.54) is 11.8 Å². The number of methoxy groups -OCH3 is 1. The first-order valence-electron chi connectivity index (χ1n) is 9.11. The lowest BCUT2D eigenvalue weighted by molar-refractivity contribution is -0.115. The van der Waals surface area contributed by atoms with Gasteiger partial charge in [0.15, 0.2) is 11.0 Å². The first kappa shape index (κ1) is 20.4. The van der Waals surface area contributed by atoms with Crippen molar-refractivity contribution in [1.82, 2.24) is 14.8 Å². The Balaban J connectivity index is 1.72. The van der Waals surface area contributed by atoms with E-state index in [1.807, 2.05) is 42.7 Å². The molecule has 0 saturated heterocycles. The van der Waals surface area contributed by atoms with Crippen LogP contribution in [0.2, 0.25) is 0 Å². The number of rotatable bonds is 7. The fraction of sp³-hybridized carbons (Fsp3) is 0.238. The van der Waals surface area contributed by atoms with Gasteiger partial charge in [0.1, 0.15) is 5.75 Å². The van der Waals surface area contributed by atoms with Gasteiger partial charge in [-0.1, -0.05) is 11.8 Å². The summed E-state index contributed by atoms with van der Waals surface area (Å²) in [6.07, 6.45) is 0. The van der Waals surface area contributed by atoms with Gasteiger partial charge in [-0.3, -0.25) is 4.79 Å². The molecular weight excluding hydrogens is 386 g/mol. The van der Waals surface area contributed by atoms with E-state index < -0.39 is 0 Å². The monoisotopic (exact) mass is 407 g/mol. The van der Waals surface area contributed by atoms with Gasteiger partial charge in [0, 0.05) is 17.8 Å². The van der Waals surface area contributed by atoms with E-state index in [0.29, 0.717) is 23.0 Å². The number of carbonyl (C=O) groups excluding carboxylic acids is 1. The van der Waals surface area contributed by atoms with Gasteiger partial charge in [-0.25, -0.2) is 0 Å². The molecule has 0 aliphatic carbocycles. The largest absolute Gasteiger partial charge is 0.497 e. The molecular formula is C21H21N5O2S. The van der Waals surface area contributed by atoms with Crippen molar-refractivity contribution in [2.75, 3.05) is 12.4 Å². The summed E-state index contributed by atoms with van der Waals surface area (Å²) in [6, 6.07) is 16.4. The van der Waals surface area contributed by atoms with Gasteiger partial charge in [0.2, 0.25) is 5.91 Å². The number of hydrogen-bond acceptors (Lipinski definition) is 6. The maximum absolute atomic E-state index is 12.5. The molecule has 29 heavy (non-hydrogen) atoms. The van der Waals surface area contributed by atoms with Crippen LogP contribution in [0.15, 0.2) is 53.7 Å². The number of hydrogen-bond donors (Lipinski definition) is 1. The second kappa shape index (κ2) is 9.26. The molecule has 0 saturated carbocycles. The number of nitrogens with one attached hydrogen (secondary N) is 1. The lowest BCUT2D eigenvalue weighted by Gasteiger charge is -2.13. The average Bonchev–Trinajstić information content (AvgIpc) is 3.16. The molecule has 1 heterocycles. The quantitative estimate of drug-likeness (QED) is 0.596. The average molecular weight is 407 g/mol. The predicted octanol–water partition coefficient (Wildman–Crippen LogP) is 3.96. The SMILES string of the molecule is CCn1c(S[C@H](C)C(=O)Nc2ccc(C#N)cc2)nnc1-c1ccc(OC)cc1. The van der Waals surface area contributed by atoms with E-state index in [1.54, 1.807) is 31.4 Å². The lowest BCUT2D eigenvalue weighted by Crippen LogP contribution is -2.22. The van der Waals surface area contributed by atoms with Crippen molar-refractivity contribution in [2.24, 2.45) is 0 Å². The van der Waals surface area contributed by atoms with Crippen LogP contribution < -0.4 is 10.1 Å². The summed E-state index contributed by atoms with van der Waals surface area (Å²) >= 11 is 1.35. The minimum Gasteiger partial charge on any atom is -0.497 e. The first-order chi connectivity index (χ1) is 14.0. The minimum atomic E-state index is -0.371. The Labute approximate surface area is 173 Å². The molecule has 3 aromatic rings. The van der Waals surface area contributed by atoms with Crippen molar-refractivity contribution in [1.29, 1.82) is 5.26 Å². The molecule has 0 unspecified atom stereocenters. The summed E-state index contributed by atoms with van der Waals surface area (Å²) in [5.41, 5.74) is 2.13. The number of ether oxygens (including phenoxy) is 1. The topological polar surface area (TPSA) is 92.8 Å². The van der Waals surface area contributed by atoms with E-state index in [2.05, 4.69) is 21.6 Å². The summed E-state index contributed by atoms with van der Waals surface area (Å²) in [6.45, 7) is 4.52. The third-order valence-corrected chi connectivity index (χ3v) is 5.39. The van der Waals surface area contributed by atoms with Crippen LogP contribution in [-0.2, 0) is 11.3 Å². The highest BCUT2D eigenvalue weighted by molar-refractivity contribution is 8.00. The predicted molar refractivity (Wildman–Crippen MR) is 113 cm³/mol. The number of amides is 1. The molecule has 1 aromatic heterocycles. The number of anilines is 1. The summed E-state index contributed by atoms with van der Waals surface area (Å²) in [4.78, 5) is 12.5. The summed E-state index contributed by atoms with van der Waals surface area (Å²) in [7, 11) is 1.63. The van der Waals surface area contributed by atoms with Gasteiger partial charge in [-0.2, -0.15) is 5.26 Å². The van der Waals surface area contributed by atoms with Crippen LogP contribution in [0.1, 0.15) is 19.4 Å². The highest BCUT2D eigenvalue weighted by Crippen LogP contribution is 2.28. The smallest absolute Gasteiger partial charge is 0.237 e. The van der Waals surface area contributed by atoms with Crippen LogP contribution in [0.25, 0.3) is 11.4 Å². The van der Waals surface area contributed by atoms with Crippen molar-refractivity contribution in [3.63, 3.8) is 0 Å². The number of benzene rings is 2. The van der Waals surface area contributed by atoms with E-state index >= 15 is 0 Å². The summed E-state index contributed by atoms with van der Waals surface area (Å²) in [5.74, 6) is 1.38. The van der Waals surface area contributed by atoms with Crippen molar-refractivity contribution in [3.05, 3.63) is 54.1 Å². The molecule has 0 bridgehead atoms. The van der Waals surface area contributed by atoms with Crippen molar-refractivity contribution >= 4 is 23.4 Å². The molecule has 0 fully saturated rings. The maximum Gasteiger partial charge on any atom is 0.237 e. The fourth-order valence-corrected chi connectivity index (χ4v) is 3.61. The van der Waals surface area contributed by atoms with Gasteiger partial charge >= 0.3 is 0 Å². The summed E-state index contributed by atoms with van der Waals surface area (Å²) in [5, 5.41) is 20.6. The Bertz CT molecular complexity index is 1020. The van der Waals surface area contributed by atoms with Gasteiger partial charge in [0.05, 0.1) is 24.0 Å². The molecule has 0 radical (unpaired) electrons. The highest BCUT2D eigenvalue weighted by Gasteiger charge is 2.20. The van der Waals surface area contributed by atoms with Gasteiger partial charge < -0.3 is 14.6 Å². The Morgan fingerprint density at radius 2 is 1.90 bits per heavy atom. The second-order valence-corrected chi connectivity index (χ2v) is 7.53. The van der Waals surface area contributed by atoms with Crippen LogP contribution in [0, 0.1) is 11.3 Å². The number of nitriles is 1. The van der Waals surface area contributed by atoms with E-state index in [9.17, 15) is 4.79 Å². The molecule has 7 nitrogen and oxygen atoms in total. The van der Waals surface area contributed by atoms with Gasteiger partial charge in [-0.05, 0) is 62.4 Å².